The lowest BCUT2D eigenvalue weighted by Gasteiger charge is -2.33. The number of aromatic nitrogens is 3. The molecule has 0 bridgehead atoms. The Labute approximate surface area is 202 Å². The zero-order valence-corrected chi connectivity index (χ0v) is 20.5. The number of methoxy groups -OCH3 is 3. The number of benzene rings is 2. The van der Waals surface area contributed by atoms with Crippen LogP contribution in [0.4, 0.5) is 5.69 Å². The van der Waals surface area contributed by atoms with Crippen LogP contribution < -0.4 is 28.9 Å². The van der Waals surface area contributed by atoms with Crippen molar-refractivity contribution in [1.29, 1.82) is 0 Å². The van der Waals surface area contributed by atoms with Gasteiger partial charge in [-0.1, -0.05) is 35.5 Å². The van der Waals surface area contributed by atoms with Gasteiger partial charge in [0.05, 0.1) is 44.0 Å². The standard InChI is InChI=1S/C24H26N4O5S/c1-6-11-34-24-25-22(30)20-16-9-7-8-10-17(16)27(14(2)29)23(28(20)26-24)15-12-18(31-3)21(33-5)19(13-15)32-4/h7-10,12-13,23H,6,11H2,1-5H3. The zero-order chi connectivity index (χ0) is 24.4. The molecule has 0 fully saturated rings. The van der Waals surface area contributed by atoms with Gasteiger partial charge in [0.1, 0.15) is 0 Å². The third kappa shape index (κ3) is 3.98. The molecule has 1 aliphatic heterocycles. The van der Waals surface area contributed by atoms with Crippen LogP contribution in [0, 0.1) is 0 Å². The van der Waals surface area contributed by atoms with Crippen molar-refractivity contribution in [3.63, 3.8) is 0 Å². The monoisotopic (exact) mass is 482 g/mol. The van der Waals surface area contributed by atoms with Gasteiger partial charge in [0.15, 0.2) is 11.5 Å². The van der Waals surface area contributed by atoms with E-state index in [0.717, 1.165) is 12.2 Å². The van der Waals surface area contributed by atoms with Crippen molar-refractivity contribution in [3.8, 4) is 34.4 Å². The zero-order valence-electron chi connectivity index (χ0n) is 19.7. The van der Waals surface area contributed by atoms with E-state index in [1.165, 1.54) is 40.0 Å². The first-order valence-electron chi connectivity index (χ1n) is 10.8. The maximum absolute atomic E-state index is 13.3. The quantitative estimate of drug-likeness (QED) is 0.374. The van der Waals surface area contributed by atoms with Gasteiger partial charge in [-0.05, 0) is 30.7 Å². The van der Waals surface area contributed by atoms with Crippen molar-refractivity contribution in [2.45, 2.75) is 31.6 Å². The Kier molecular flexibility index (Phi) is 6.78. The van der Waals surface area contributed by atoms with Crippen molar-refractivity contribution in [2.24, 2.45) is 0 Å². The molecular formula is C24H26N4O5S. The molecule has 1 atom stereocenters. The molecule has 2 aromatic carbocycles. The number of hydrogen-bond acceptors (Lipinski definition) is 8. The van der Waals surface area contributed by atoms with Gasteiger partial charge in [0.2, 0.25) is 11.7 Å². The van der Waals surface area contributed by atoms with Crippen molar-refractivity contribution in [3.05, 3.63) is 42.0 Å². The number of thioether (sulfide) groups is 1. The second-order valence-electron chi connectivity index (χ2n) is 7.58. The summed E-state index contributed by atoms with van der Waals surface area (Å²) in [6.07, 6.45) is 0.135. The molecule has 0 saturated carbocycles. The third-order valence-corrected chi connectivity index (χ3v) is 6.52. The first kappa shape index (κ1) is 23.6. The highest BCUT2D eigenvalue weighted by Crippen LogP contribution is 2.44. The molecule has 1 unspecified atom stereocenters. The van der Waals surface area contributed by atoms with Crippen LogP contribution in [-0.2, 0) is 4.79 Å². The van der Waals surface area contributed by atoms with E-state index in [1.807, 2.05) is 25.1 Å². The molecule has 0 aliphatic carbocycles. The van der Waals surface area contributed by atoms with E-state index in [9.17, 15) is 9.90 Å². The smallest absolute Gasteiger partial charge is 0.293 e. The molecule has 0 spiro atoms. The molecule has 2 heterocycles. The van der Waals surface area contributed by atoms with Crippen LogP contribution >= 0.6 is 11.8 Å². The average Bonchev–Trinajstić information content (AvgIpc) is 2.85. The fourth-order valence-corrected chi connectivity index (χ4v) is 4.76. The summed E-state index contributed by atoms with van der Waals surface area (Å²) in [6.45, 7) is 3.53. The number of carbonyl (C=O) groups excluding carboxylic acids is 1. The number of amides is 1. The van der Waals surface area contributed by atoms with Crippen LogP contribution in [0.3, 0.4) is 0 Å². The van der Waals surface area contributed by atoms with Crippen LogP contribution in [0.5, 0.6) is 23.1 Å². The van der Waals surface area contributed by atoms with E-state index >= 15 is 0 Å². The molecule has 34 heavy (non-hydrogen) atoms. The Hall–Kier alpha value is -3.53. The van der Waals surface area contributed by atoms with E-state index < -0.39 is 12.0 Å². The number of carbonyl (C=O) groups is 1. The SMILES string of the molecule is CCCSc1nc([O-])c2[n+](n1)C(c1cc(OC)c(OC)c(OC)c1)N(C(C)=O)c1ccccc1-2. The van der Waals surface area contributed by atoms with Crippen molar-refractivity contribution in [1.82, 2.24) is 10.1 Å². The Morgan fingerprint density at radius 1 is 1.15 bits per heavy atom. The van der Waals surface area contributed by atoms with Crippen LogP contribution in [0.25, 0.3) is 11.3 Å². The fraction of sp³-hybridized carbons (Fsp3) is 0.333. The topological polar surface area (TPSA) is 101 Å². The van der Waals surface area contributed by atoms with Crippen molar-refractivity contribution in [2.75, 3.05) is 32.0 Å². The lowest BCUT2D eigenvalue weighted by molar-refractivity contribution is -0.764. The van der Waals surface area contributed by atoms with Gasteiger partial charge in [-0.2, -0.15) is 0 Å². The number of hydrogen-bond donors (Lipinski definition) is 0. The molecular weight excluding hydrogens is 456 g/mol. The summed E-state index contributed by atoms with van der Waals surface area (Å²) >= 11 is 1.40. The Morgan fingerprint density at radius 3 is 2.41 bits per heavy atom. The summed E-state index contributed by atoms with van der Waals surface area (Å²) in [5.74, 6) is 1.44. The number of fused-ring (bicyclic) bond motifs is 3. The predicted molar refractivity (Wildman–Crippen MR) is 126 cm³/mol. The Morgan fingerprint density at radius 2 is 1.82 bits per heavy atom. The van der Waals surface area contributed by atoms with E-state index in [4.69, 9.17) is 19.3 Å². The summed E-state index contributed by atoms with van der Waals surface area (Å²) in [5.41, 5.74) is 2.14. The highest BCUT2D eigenvalue weighted by molar-refractivity contribution is 7.99. The van der Waals surface area contributed by atoms with Crippen LogP contribution in [-0.4, -0.2) is 43.1 Å². The summed E-state index contributed by atoms with van der Waals surface area (Å²) in [4.78, 5) is 18.9. The molecule has 0 N–H and O–H groups in total. The summed E-state index contributed by atoms with van der Waals surface area (Å²) in [7, 11) is 4.58. The van der Waals surface area contributed by atoms with Crippen molar-refractivity contribution < 1.29 is 28.8 Å². The first-order chi connectivity index (χ1) is 16.4. The highest BCUT2D eigenvalue weighted by Gasteiger charge is 2.44. The highest BCUT2D eigenvalue weighted by atomic mass is 32.2. The van der Waals surface area contributed by atoms with Gasteiger partial charge in [0, 0.05) is 17.8 Å². The minimum absolute atomic E-state index is 0.210. The number of nitrogens with zero attached hydrogens (tertiary/aromatic N) is 4. The Balaban J connectivity index is 2.04. The molecule has 0 radical (unpaired) electrons. The normalized spacial score (nSPS) is 14.3. The lowest BCUT2D eigenvalue weighted by Crippen LogP contribution is -2.58. The fourth-order valence-electron chi connectivity index (χ4n) is 4.08. The second kappa shape index (κ2) is 9.76. The van der Waals surface area contributed by atoms with Crippen LogP contribution in [0.1, 0.15) is 32.0 Å². The molecule has 178 valence electrons. The molecule has 0 saturated heterocycles. The van der Waals surface area contributed by atoms with Crippen LogP contribution in [0.15, 0.2) is 41.6 Å². The van der Waals surface area contributed by atoms with Gasteiger partial charge in [-0.25, -0.2) is 9.88 Å². The number of ether oxygens (including phenoxy) is 3. The Bertz CT molecular complexity index is 1210. The minimum Gasteiger partial charge on any atom is -0.854 e. The molecule has 1 aliphatic rings. The molecule has 1 aromatic heterocycles. The van der Waals surface area contributed by atoms with Gasteiger partial charge in [0.25, 0.3) is 17.0 Å². The van der Waals surface area contributed by atoms with Gasteiger partial charge < -0.3 is 19.3 Å². The van der Waals surface area contributed by atoms with Crippen LogP contribution in [0.2, 0.25) is 0 Å². The maximum Gasteiger partial charge on any atom is 0.293 e. The average molecular weight is 483 g/mol. The van der Waals surface area contributed by atoms with E-state index in [-0.39, 0.29) is 5.91 Å². The van der Waals surface area contributed by atoms with E-state index in [2.05, 4.69) is 4.98 Å². The van der Waals surface area contributed by atoms with Gasteiger partial charge in [-0.15, -0.1) is 0 Å². The lowest BCUT2D eigenvalue weighted by atomic mass is 10.0. The second-order valence-corrected chi connectivity index (χ2v) is 8.64. The van der Waals surface area contributed by atoms with Gasteiger partial charge >= 0.3 is 0 Å². The third-order valence-electron chi connectivity index (χ3n) is 5.48. The molecule has 4 rings (SSSR count). The minimum atomic E-state index is -0.771. The van der Waals surface area contributed by atoms with Gasteiger partial charge in [-0.3, -0.25) is 4.79 Å². The molecule has 3 aromatic rings. The maximum atomic E-state index is 13.3. The molecule has 9 nitrogen and oxygen atoms in total. The molecule has 10 heteroatoms. The molecule has 1 amide bonds. The number of rotatable bonds is 7. The number of para-hydroxylation sites is 1. The van der Waals surface area contributed by atoms with E-state index in [1.54, 1.807) is 27.8 Å². The predicted octanol–water partition coefficient (Wildman–Crippen LogP) is 2.95. The largest absolute Gasteiger partial charge is 0.854 e. The number of anilines is 1. The summed E-state index contributed by atoms with van der Waals surface area (Å²) in [5, 5.41) is 18.3. The first-order valence-corrected chi connectivity index (χ1v) is 11.8. The van der Waals surface area contributed by atoms with Crippen molar-refractivity contribution >= 4 is 23.4 Å². The summed E-state index contributed by atoms with van der Waals surface area (Å²) in [6, 6.07) is 10.8. The van der Waals surface area contributed by atoms with E-state index in [0.29, 0.717) is 44.9 Å². The summed E-state index contributed by atoms with van der Waals surface area (Å²) < 4.78 is 18.1.